The van der Waals surface area contributed by atoms with E-state index in [9.17, 15) is 5.26 Å². The van der Waals surface area contributed by atoms with E-state index in [2.05, 4.69) is 45.2 Å². The molecular formula is C22H20N6O. The second-order valence-corrected chi connectivity index (χ2v) is 7.12. The molecule has 1 aliphatic rings. The topological polar surface area (TPSA) is 73.6 Å². The third kappa shape index (κ3) is 3.35. The van der Waals surface area contributed by atoms with E-state index < -0.39 is 0 Å². The van der Waals surface area contributed by atoms with Crippen molar-refractivity contribution in [2.24, 2.45) is 0 Å². The van der Waals surface area contributed by atoms with Crippen LogP contribution < -0.4 is 4.90 Å². The number of piperazine rings is 1. The molecule has 0 N–H and O–H groups in total. The summed E-state index contributed by atoms with van der Waals surface area (Å²) in [5, 5.41) is 14.2. The summed E-state index contributed by atoms with van der Waals surface area (Å²) < 4.78 is 7.07. The quantitative estimate of drug-likeness (QED) is 0.538. The fraction of sp³-hybridized carbons (Fsp3) is 0.227. The van der Waals surface area contributed by atoms with Gasteiger partial charge in [-0.05, 0) is 23.8 Å². The summed E-state index contributed by atoms with van der Waals surface area (Å²) in [6, 6.07) is 18.3. The number of hydrogen-bond acceptors (Lipinski definition) is 6. The largest absolute Gasteiger partial charge is 0.463 e. The Balaban J connectivity index is 1.35. The molecule has 7 nitrogen and oxygen atoms in total. The van der Waals surface area contributed by atoms with Gasteiger partial charge in [-0.3, -0.25) is 4.90 Å². The minimum atomic E-state index is 0.435. The molecule has 0 unspecified atom stereocenters. The molecule has 0 bridgehead atoms. The number of rotatable bonds is 4. The summed E-state index contributed by atoms with van der Waals surface area (Å²) >= 11 is 0. The number of nitrogens with zero attached hydrogens (tertiary/aromatic N) is 6. The highest BCUT2D eigenvalue weighted by molar-refractivity contribution is 5.73. The van der Waals surface area contributed by atoms with E-state index >= 15 is 0 Å². The first kappa shape index (κ1) is 17.5. The first-order chi connectivity index (χ1) is 14.3. The summed E-state index contributed by atoms with van der Waals surface area (Å²) in [6.45, 7) is 4.72. The van der Waals surface area contributed by atoms with Gasteiger partial charge in [-0.1, -0.05) is 30.3 Å². The third-order valence-corrected chi connectivity index (χ3v) is 5.28. The summed E-state index contributed by atoms with van der Waals surface area (Å²) in [7, 11) is 0. The Hall–Kier alpha value is -3.63. The van der Waals surface area contributed by atoms with Gasteiger partial charge in [0.15, 0.2) is 11.4 Å². The smallest absolute Gasteiger partial charge is 0.175 e. The molecule has 4 aromatic rings. The average Bonchev–Trinajstić information content (AvgIpc) is 3.42. The van der Waals surface area contributed by atoms with Crippen LogP contribution in [0.1, 0.15) is 11.1 Å². The number of anilines is 1. The molecule has 0 saturated carbocycles. The molecule has 1 fully saturated rings. The van der Waals surface area contributed by atoms with Crippen molar-refractivity contribution in [3.05, 3.63) is 72.1 Å². The Kier molecular flexibility index (Phi) is 4.47. The van der Waals surface area contributed by atoms with Gasteiger partial charge in [0.05, 0.1) is 6.26 Å². The van der Waals surface area contributed by atoms with Crippen LogP contribution in [-0.4, -0.2) is 45.7 Å². The molecule has 1 saturated heterocycles. The van der Waals surface area contributed by atoms with Crippen LogP contribution in [0, 0.1) is 11.3 Å². The van der Waals surface area contributed by atoms with Crippen molar-refractivity contribution in [2.45, 2.75) is 6.54 Å². The lowest BCUT2D eigenvalue weighted by Gasteiger charge is -2.35. The lowest BCUT2D eigenvalue weighted by molar-refractivity contribution is 0.249. The fourth-order valence-electron chi connectivity index (χ4n) is 3.76. The average molecular weight is 384 g/mol. The van der Waals surface area contributed by atoms with E-state index in [0.29, 0.717) is 22.7 Å². The number of aromatic nitrogens is 3. The predicted octanol–water partition coefficient (Wildman–Crippen LogP) is 3.18. The molecule has 0 aliphatic carbocycles. The summed E-state index contributed by atoms with van der Waals surface area (Å²) in [4.78, 5) is 9.48. The van der Waals surface area contributed by atoms with Crippen LogP contribution in [0.4, 0.5) is 5.82 Å². The van der Waals surface area contributed by atoms with Crippen LogP contribution in [0.15, 0.2) is 65.4 Å². The summed E-state index contributed by atoms with van der Waals surface area (Å²) in [5.74, 6) is 1.45. The number of nitriles is 1. The van der Waals surface area contributed by atoms with Gasteiger partial charge in [0.2, 0.25) is 0 Å². The van der Waals surface area contributed by atoms with Crippen LogP contribution in [-0.2, 0) is 6.54 Å². The van der Waals surface area contributed by atoms with E-state index in [1.54, 1.807) is 22.9 Å². The maximum absolute atomic E-state index is 9.67. The molecule has 7 heteroatoms. The summed E-state index contributed by atoms with van der Waals surface area (Å²) in [5.41, 5.74) is 2.85. The maximum atomic E-state index is 9.67. The van der Waals surface area contributed by atoms with E-state index in [0.717, 1.165) is 38.5 Å². The molecule has 0 spiro atoms. The Morgan fingerprint density at radius 2 is 1.83 bits per heavy atom. The van der Waals surface area contributed by atoms with Crippen LogP contribution >= 0.6 is 0 Å². The highest BCUT2D eigenvalue weighted by atomic mass is 16.3. The maximum Gasteiger partial charge on any atom is 0.175 e. The Labute approximate surface area is 168 Å². The van der Waals surface area contributed by atoms with Gasteiger partial charge >= 0.3 is 0 Å². The number of benzene rings is 1. The van der Waals surface area contributed by atoms with Gasteiger partial charge in [0.25, 0.3) is 0 Å². The van der Waals surface area contributed by atoms with Crippen molar-refractivity contribution in [3.8, 4) is 17.5 Å². The van der Waals surface area contributed by atoms with E-state index in [1.165, 1.54) is 5.56 Å². The van der Waals surface area contributed by atoms with Crippen molar-refractivity contribution >= 4 is 11.5 Å². The van der Waals surface area contributed by atoms with E-state index in [-0.39, 0.29) is 0 Å². The number of hydrogen-bond donors (Lipinski definition) is 0. The second-order valence-electron chi connectivity index (χ2n) is 7.12. The minimum Gasteiger partial charge on any atom is -0.463 e. The van der Waals surface area contributed by atoms with Crippen LogP contribution in [0.5, 0.6) is 0 Å². The monoisotopic (exact) mass is 384 g/mol. The molecule has 29 heavy (non-hydrogen) atoms. The van der Waals surface area contributed by atoms with Crippen molar-refractivity contribution < 1.29 is 4.42 Å². The normalized spacial score (nSPS) is 14.9. The van der Waals surface area contributed by atoms with Gasteiger partial charge in [-0.25, -0.2) is 9.50 Å². The van der Waals surface area contributed by atoms with Crippen LogP contribution in [0.3, 0.4) is 0 Å². The fourth-order valence-corrected chi connectivity index (χ4v) is 3.76. The zero-order valence-corrected chi connectivity index (χ0v) is 15.9. The first-order valence-corrected chi connectivity index (χ1v) is 9.66. The zero-order valence-electron chi connectivity index (χ0n) is 15.9. The molecule has 0 atom stereocenters. The zero-order chi connectivity index (χ0) is 19.6. The molecule has 3 aromatic heterocycles. The van der Waals surface area contributed by atoms with Crippen molar-refractivity contribution in [3.63, 3.8) is 0 Å². The molecule has 1 aliphatic heterocycles. The summed E-state index contributed by atoms with van der Waals surface area (Å²) in [6.07, 6.45) is 3.44. The first-order valence-electron chi connectivity index (χ1n) is 9.66. The molecule has 4 heterocycles. The van der Waals surface area contributed by atoms with Crippen molar-refractivity contribution in [1.29, 1.82) is 5.26 Å². The van der Waals surface area contributed by atoms with Crippen LogP contribution in [0.2, 0.25) is 0 Å². The molecule has 0 amide bonds. The van der Waals surface area contributed by atoms with Gasteiger partial charge in [0.1, 0.15) is 23.1 Å². The van der Waals surface area contributed by atoms with E-state index in [4.69, 9.17) is 9.40 Å². The number of fused-ring (bicyclic) bond motifs is 1. The van der Waals surface area contributed by atoms with Crippen molar-refractivity contribution in [1.82, 2.24) is 19.5 Å². The van der Waals surface area contributed by atoms with Crippen molar-refractivity contribution in [2.75, 3.05) is 31.1 Å². The molecule has 1 aromatic carbocycles. The highest BCUT2D eigenvalue weighted by Crippen LogP contribution is 2.26. The van der Waals surface area contributed by atoms with Gasteiger partial charge < -0.3 is 9.32 Å². The molecule has 144 valence electrons. The second kappa shape index (κ2) is 7.41. The standard InChI is InChI=1S/C22H20N6O/c23-15-18-21(19-7-4-14-29-19)25-28-9-8-20(24-22(18)28)27-12-10-26(11-13-27)16-17-5-2-1-3-6-17/h1-9,14H,10-13,16H2. The Morgan fingerprint density at radius 1 is 1.00 bits per heavy atom. The SMILES string of the molecule is N#Cc1c(-c2ccco2)nn2ccc(N3CCN(Cc4ccccc4)CC3)nc12. The molecule has 5 rings (SSSR count). The van der Waals surface area contributed by atoms with Gasteiger partial charge in [-0.2, -0.15) is 10.4 Å². The Morgan fingerprint density at radius 3 is 2.55 bits per heavy atom. The third-order valence-electron chi connectivity index (χ3n) is 5.28. The lowest BCUT2D eigenvalue weighted by atomic mass is 10.2. The highest BCUT2D eigenvalue weighted by Gasteiger charge is 2.21. The number of furan rings is 1. The van der Waals surface area contributed by atoms with E-state index in [1.807, 2.05) is 18.3 Å². The lowest BCUT2D eigenvalue weighted by Crippen LogP contribution is -2.46. The minimum absolute atomic E-state index is 0.435. The predicted molar refractivity (Wildman–Crippen MR) is 109 cm³/mol. The molecule has 0 radical (unpaired) electrons. The Bertz CT molecular complexity index is 1150. The molecular weight excluding hydrogens is 364 g/mol. The van der Waals surface area contributed by atoms with Gasteiger partial charge in [-0.15, -0.1) is 0 Å². The van der Waals surface area contributed by atoms with Crippen LogP contribution in [0.25, 0.3) is 17.1 Å². The van der Waals surface area contributed by atoms with Gasteiger partial charge in [0, 0.05) is 38.9 Å².